The quantitative estimate of drug-likeness (QED) is 0.872. The lowest BCUT2D eigenvalue weighted by Crippen LogP contribution is -2.56. The minimum Gasteiger partial charge on any atom is -0.426 e. The molecule has 1 fully saturated rings. The Morgan fingerprint density at radius 2 is 1.91 bits per heavy atom. The van der Waals surface area contributed by atoms with Crippen LogP contribution in [0.15, 0.2) is 46.9 Å². The molecule has 0 radical (unpaired) electrons. The van der Waals surface area contributed by atoms with Gasteiger partial charge in [0.25, 0.3) is 11.9 Å². The van der Waals surface area contributed by atoms with Crippen LogP contribution in [-0.2, 0) is 4.79 Å². The van der Waals surface area contributed by atoms with Crippen LogP contribution in [0, 0.1) is 0 Å². The van der Waals surface area contributed by atoms with Crippen LogP contribution >= 0.6 is 0 Å². The first kappa shape index (κ1) is 15.1. The number of amides is 2. The molecule has 0 bridgehead atoms. The van der Waals surface area contributed by atoms with Crippen molar-refractivity contribution < 1.29 is 18.7 Å². The van der Waals surface area contributed by atoms with Gasteiger partial charge in [0.2, 0.25) is 5.91 Å². The summed E-state index contributed by atoms with van der Waals surface area (Å²) in [6.45, 7) is 2.72. The molecular formula is C17H18N2O4. The monoisotopic (exact) mass is 314 g/mol. The molecule has 1 aliphatic rings. The molecule has 1 aliphatic heterocycles. The Hall–Kier alpha value is -2.76. The van der Waals surface area contributed by atoms with Gasteiger partial charge in [0, 0.05) is 26.2 Å². The lowest BCUT2D eigenvalue weighted by molar-refractivity contribution is -0.137. The minimum atomic E-state index is -0.496. The van der Waals surface area contributed by atoms with E-state index in [1.54, 1.807) is 43.1 Å². The number of hydrogen-bond donors (Lipinski definition) is 0. The van der Waals surface area contributed by atoms with Gasteiger partial charge in [-0.1, -0.05) is 18.2 Å². The highest BCUT2D eigenvalue weighted by molar-refractivity contribution is 5.96. The van der Waals surface area contributed by atoms with Crippen LogP contribution in [0.5, 0.6) is 11.7 Å². The standard InChI is InChI=1S/C17H18N2O4/c1-12-16(20)18(2)10-11-19(12)17(21)14-8-9-15(23-14)22-13-6-4-3-5-7-13/h3-9,12H,10-11H2,1-2H3/t12-/m1/s1. The summed E-state index contributed by atoms with van der Waals surface area (Å²) >= 11 is 0. The Bertz CT molecular complexity index is 710. The molecule has 1 saturated heterocycles. The van der Waals surface area contributed by atoms with Gasteiger partial charge in [-0.3, -0.25) is 9.59 Å². The number of likely N-dealkylation sites (N-methyl/N-ethyl adjacent to an activating group) is 1. The van der Waals surface area contributed by atoms with Crippen molar-refractivity contribution in [1.29, 1.82) is 0 Å². The minimum absolute atomic E-state index is 0.0723. The molecule has 0 N–H and O–H groups in total. The van der Waals surface area contributed by atoms with Crippen molar-refractivity contribution in [1.82, 2.24) is 9.80 Å². The molecule has 6 heteroatoms. The molecule has 120 valence electrons. The molecule has 0 unspecified atom stereocenters. The molecule has 2 heterocycles. The van der Waals surface area contributed by atoms with Crippen molar-refractivity contribution >= 4 is 11.8 Å². The van der Waals surface area contributed by atoms with Gasteiger partial charge in [-0.05, 0) is 25.1 Å². The molecule has 2 aromatic rings. The third-order valence-corrected chi connectivity index (χ3v) is 3.89. The molecule has 1 aromatic heterocycles. The number of carbonyl (C=O) groups excluding carboxylic acids is 2. The first-order chi connectivity index (χ1) is 11.1. The SMILES string of the molecule is C[C@@H]1C(=O)N(C)CCN1C(=O)c1ccc(Oc2ccccc2)o1. The van der Waals surface area contributed by atoms with E-state index in [-0.39, 0.29) is 23.5 Å². The zero-order valence-corrected chi connectivity index (χ0v) is 13.1. The van der Waals surface area contributed by atoms with E-state index in [1.807, 2.05) is 18.2 Å². The molecule has 0 saturated carbocycles. The normalized spacial score (nSPS) is 18.2. The fourth-order valence-corrected chi connectivity index (χ4v) is 2.53. The summed E-state index contributed by atoms with van der Waals surface area (Å²) in [6, 6.07) is 11.8. The lowest BCUT2D eigenvalue weighted by Gasteiger charge is -2.36. The molecule has 23 heavy (non-hydrogen) atoms. The molecule has 0 aliphatic carbocycles. The molecular weight excluding hydrogens is 296 g/mol. The van der Waals surface area contributed by atoms with Crippen molar-refractivity contribution in [2.24, 2.45) is 0 Å². The predicted molar refractivity (Wildman–Crippen MR) is 83.4 cm³/mol. The molecule has 1 atom stereocenters. The van der Waals surface area contributed by atoms with Gasteiger partial charge >= 0.3 is 0 Å². The van der Waals surface area contributed by atoms with Crippen LogP contribution in [0.2, 0.25) is 0 Å². The highest BCUT2D eigenvalue weighted by Gasteiger charge is 2.34. The van der Waals surface area contributed by atoms with E-state index in [0.717, 1.165) is 0 Å². The molecule has 3 rings (SSSR count). The maximum atomic E-state index is 12.5. The third kappa shape index (κ3) is 3.06. The average Bonchev–Trinajstić information content (AvgIpc) is 3.02. The van der Waals surface area contributed by atoms with E-state index in [4.69, 9.17) is 9.15 Å². The summed E-state index contributed by atoms with van der Waals surface area (Å²) in [5, 5.41) is 0. The van der Waals surface area contributed by atoms with Gasteiger partial charge in [-0.2, -0.15) is 0 Å². The number of piperazine rings is 1. The van der Waals surface area contributed by atoms with Crippen LogP contribution < -0.4 is 4.74 Å². The number of ether oxygens (including phenoxy) is 1. The maximum Gasteiger partial charge on any atom is 0.290 e. The summed E-state index contributed by atoms with van der Waals surface area (Å²) in [4.78, 5) is 27.7. The number of furan rings is 1. The number of rotatable bonds is 3. The summed E-state index contributed by atoms with van der Waals surface area (Å²) in [6.07, 6.45) is 0. The van der Waals surface area contributed by atoms with Crippen molar-refractivity contribution in [3.8, 4) is 11.7 Å². The second-order valence-corrected chi connectivity index (χ2v) is 5.47. The van der Waals surface area contributed by atoms with Crippen molar-refractivity contribution in [3.05, 3.63) is 48.2 Å². The Kier molecular flexibility index (Phi) is 4.06. The summed E-state index contributed by atoms with van der Waals surface area (Å²) < 4.78 is 11.0. The Morgan fingerprint density at radius 1 is 1.17 bits per heavy atom. The lowest BCUT2D eigenvalue weighted by atomic mass is 10.1. The first-order valence-corrected chi connectivity index (χ1v) is 7.45. The fourth-order valence-electron chi connectivity index (χ4n) is 2.53. The largest absolute Gasteiger partial charge is 0.426 e. The average molecular weight is 314 g/mol. The number of hydrogen-bond acceptors (Lipinski definition) is 4. The van der Waals surface area contributed by atoms with E-state index in [1.165, 1.54) is 4.90 Å². The van der Waals surface area contributed by atoms with Crippen LogP contribution in [0.3, 0.4) is 0 Å². The second-order valence-electron chi connectivity index (χ2n) is 5.47. The second kappa shape index (κ2) is 6.16. The summed E-state index contributed by atoms with van der Waals surface area (Å²) in [5.41, 5.74) is 0. The predicted octanol–water partition coefficient (Wildman–Crippen LogP) is 2.37. The molecule has 1 aromatic carbocycles. The maximum absolute atomic E-state index is 12.5. The van der Waals surface area contributed by atoms with Crippen molar-refractivity contribution in [3.63, 3.8) is 0 Å². The molecule has 0 spiro atoms. The van der Waals surface area contributed by atoms with Gasteiger partial charge in [0.1, 0.15) is 11.8 Å². The topological polar surface area (TPSA) is 63.0 Å². The fraction of sp³-hybridized carbons (Fsp3) is 0.294. The van der Waals surface area contributed by atoms with Crippen LogP contribution in [0.1, 0.15) is 17.5 Å². The van der Waals surface area contributed by atoms with E-state index < -0.39 is 6.04 Å². The van der Waals surface area contributed by atoms with Crippen LogP contribution in [0.4, 0.5) is 0 Å². The summed E-state index contributed by atoms with van der Waals surface area (Å²) in [5.74, 6) is 0.663. The Labute approximate surface area is 134 Å². The van der Waals surface area contributed by atoms with Gasteiger partial charge < -0.3 is 19.0 Å². The summed E-state index contributed by atoms with van der Waals surface area (Å²) in [7, 11) is 1.74. The zero-order chi connectivity index (χ0) is 16.4. The van der Waals surface area contributed by atoms with Gasteiger partial charge in [-0.25, -0.2) is 0 Å². The van der Waals surface area contributed by atoms with Crippen LogP contribution in [-0.4, -0.2) is 47.8 Å². The highest BCUT2D eigenvalue weighted by Crippen LogP contribution is 2.25. The molecule has 6 nitrogen and oxygen atoms in total. The van der Waals surface area contributed by atoms with Crippen LogP contribution in [0.25, 0.3) is 0 Å². The molecule has 2 amide bonds. The van der Waals surface area contributed by atoms with E-state index >= 15 is 0 Å². The van der Waals surface area contributed by atoms with Gasteiger partial charge in [0.15, 0.2) is 5.76 Å². The number of benzene rings is 1. The highest BCUT2D eigenvalue weighted by atomic mass is 16.6. The van der Waals surface area contributed by atoms with E-state index in [9.17, 15) is 9.59 Å². The Morgan fingerprint density at radius 3 is 2.65 bits per heavy atom. The van der Waals surface area contributed by atoms with E-state index in [0.29, 0.717) is 18.8 Å². The van der Waals surface area contributed by atoms with E-state index in [2.05, 4.69) is 0 Å². The smallest absolute Gasteiger partial charge is 0.290 e. The number of para-hydroxylation sites is 1. The van der Waals surface area contributed by atoms with Gasteiger partial charge in [-0.15, -0.1) is 0 Å². The number of nitrogens with zero attached hydrogens (tertiary/aromatic N) is 2. The van der Waals surface area contributed by atoms with Crippen molar-refractivity contribution in [2.75, 3.05) is 20.1 Å². The number of carbonyl (C=O) groups is 2. The van der Waals surface area contributed by atoms with Gasteiger partial charge in [0.05, 0.1) is 0 Å². The Balaban J connectivity index is 1.72. The zero-order valence-electron chi connectivity index (χ0n) is 13.1. The first-order valence-electron chi connectivity index (χ1n) is 7.45. The third-order valence-electron chi connectivity index (χ3n) is 3.89. The van der Waals surface area contributed by atoms with Crippen molar-refractivity contribution in [2.45, 2.75) is 13.0 Å².